The average molecular weight is 440 g/mol. The molecule has 7 heteroatoms. The fourth-order valence-electron chi connectivity index (χ4n) is 4.07. The van der Waals surface area contributed by atoms with Crippen LogP contribution in [0.2, 0.25) is 0 Å². The van der Waals surface area contributed by atoms with Crippen molar-refractivity contribution < 1.29 is 19.0 Å². The minimum atomic E-state index is -0.000285. The monoisotopic (exact) mass is 439 g/mol. The van der Waals surface area contributed by atoms with E-state index in [0.29, 0.717) is 19.1 Å². The van der Waals surface area contributed by atoms with Crippen molar-refractivity contribution in [1.82, 2.24) is 9.80 Å². The topological polar surface area (TPSA) is 63.3 Å². The van der Waals surface area contributed by atoms with E-state index in [0.717, 1.165) is 68.4 Å². The quantitative estimate of drug-likeness (QED) is 0.614. The lowest BCUT2D eigenvalue weighted by Crippen LogP contribution is -2.35. The Morgan fingerprint density at radius 2 is 1.84 bits per heavy atom. The summed E-state index contributed by atoms with van der Waals surface area (Å²) in [6.07, 6.45) is 2.24. The number of ether oxygens (including phenoxy) is 3. The number of hydrogen-bond acceptors (Lipinski definition) is 6. The van der Waals surface area contributed by atoms with Crippen LogP contribution in [0.15, 0.2) is 42.5 Å². The summed E-state index contributed by atoms with van der Waals surface area (Å²) in [7, 11) is 3.33. The van der Waals surface area contributed by atoms with Crippen LogP contribution in [0.25, 0.3) is 0 Å². The lowest BCUT2D eigenvalue weighted by Gasteiger charge is -2.26. The number of carbonyl (C=O) groups excluding carboxylic acids is 1. The fraction of sp³-hybridized carbons (Fsp3) is 0.480. The molecule has 0 atom stereocenters. The van der Waals surface area contributed by atoms with Gasteiger partial charge >= 0.3 is 0 Å². The first-order valence-electron chi connectivity index (χ1n) is 11.3. The van der Waals surface area contributed by atoms with Crippen molar-refractivity contribution in [2.75, 3.05) is 52.4 Å². The molecule has 2 fully saturated rings. The summed E-state index contributed by atoms with van der Waals surface area (Å²) in [5.41, 5.74) is 3.10. The number of amides is 1. The number of carbonyl (C=O) groups is 1. The van der Waals surface area contributed by atoms with Crippen LogP contribution in [0.1, 0.15) is 24.0 Å². The standard InChI is InChI=1S/C25H33N3O4/c1-30-23-9-10-24(31-2)20(15-23)17-28(22-7-8-22)18-25(29)26-21-5-3-19(4-6-21)16-27-11-13-32-14-12-27/h3-6,9-10,15,22H,7-8,11-14,16-18H2,1-2H3,(H,26,29). The molecule has 2 aromatic carbocycles. The molecule has 1 aliphatic heterocycles. The van der Waals surface area contributed by atoms with E-state index < -0.39 is 0 Å². The smallest absolute Gasteiger partial charge is 0.238 e. The zero-order chi connectivity index (χ0) is 22.3. The molecule has 2 aromatic rings. The van der Waals surface area contributed by atoms with E-state index in [4.69, 9.17) is 14.2 Å². The Morgan fingerprint density at radius 1 is 1.09 bits per heavy atom. The van der Waals surface area contributed by atoms with Gasteiger partial charge in [0.2, 0.25) is 5.91 Å². The van der Waals surface area contributed by atoms with Gasteiger partial charge in [-0.05, 0) is 48.7 Å². The van der Waals surface area contributed by atoms with Crippen molar-refractivity contribution in [2.45, 2.75) is 32.0 Å². The second kappa shape index (κ2) is 10.8. The highest BCUT2D eigenvalue weighted by molar-refractivity contribution is 5.92. The van der Waals surface area contributed by atoms with E-state index in [2.05, 4.69) is 27.2 Å². The van der Waals surface area contributed by atoms with E-state index in [-0.39, 0.29) is 5.91 Å². The van der Waals surface area contributed by atoms with Crippen molar-refractivity contribution in [3.8, 4) is 11.5 Å². The minimum absolute atomic E-state index is 0.000285. The molecule has 1 heterocycles. The summed E-state index contributed by atoms with van der Waals surface area (Å²) in [5, 5.41) is 3.05. The van der Waals surface area contributed by atoms with Crippen LogP contribution >= 0.6 is 0 Å². The number of nitrogens with zero attached hydrogens (tertiary/aromatic N) is 2. The molecule has 0 bridgehead atoms. The van der Waals surface area contributed by atoms with Gasteiger partial charge in [-0.15, -0.1) is 0 Å². The van der Waals surface area contributed by atoms with Gasteiger partial charge in [-0.2, -0.15) is 0 Å². The first kappa shape index (κ1) is 22.6. The highest BCUT2D eigenvalue weighted by Gasteiger charge is 2.31. The number of morpholine rings is 1. The molecule has 1 saturated heterocycles. The lowest BCUT2D eigenvalue weighted by atomic mass is 10.1. The highest BCUT2D eigenvalue weighted by Crippen LogP contribution is 2.31. The predicted octanol–water partition coefficient (Wildman–Crippen LogP) is 3.14. The Balaban J connectivity index is 1.33. The van der Waals surface area contributed by atoms with Gasteiger partial charge in [0.05, 0.1) is 34.0 Å². The maximum atomic E-state index is 12.8. The van der Waals surface area contributed by atoms with Crippen LogP contribution in [0.3, 0.4) is 0 Å². The van der Waals surface area contributed by atoms with Gasteiger partial charge in [0.15, 0.2) is 0 Å². The van der Waals surface area contributed by atoms with Gasteiger partial charge in [0, 0.05) is 43.5 Å². The van der Waals surface area contributed by atoms with E-state index >= 15 is 0 Å². The molecule has 1 N–H and O–H groups in total. The Bertz CT molecular complexity index is 893. The number of rotatable bonds is 10. The third-order valence-corrected chi connectivity index (χ3v) is 6.02. The summed E-state index contributed by atoms with van der Waals surface area (Å²) in [6.45, 7) is 5.44. The Kier molecular flexibility index (Phi) is 7.63. The molecule has 2 aliphatic rings. The van der Waals surface area contributed by atoms with Gasteiger partial charge < -0.3 is 19.5 Å². The maximum Gasteiger partial charge on any atom is 0.238 e. The first-order chi connectivity index (χ1) is 15.6. The van der Waals surface area contributed by atoms with E-state index in [1.807, 2.05) is 30.3 Å². The van der Waals surface area contributed by atoms with Crippen molar-refractivity contribution in [3.63, 3.8) is 0 Å². The largest absolute Gasteiger partial charge is 0.497 e. The number of methoxy groups -OCH3 is 2. The molecule has 0 unspecified atom stereocenters. The van der Waals surface area contributed by atoms with E-state index in [1.165, 1.54) is 5.56 Å². The van der Waals surface area contributed by atoms with Gasteiger partial charge in [-0.25, -0.2) is 0 Å². The normalized spacial score (nSPS) is 16.7. The van der Waals surface area contributed by atoms with Gasteiger partial charge in [0.25, 0.3) is 0 Å². The second-order valence-electron chi connectivity index (χ2n) is 8.45. The van der Waals surface area contributed by atoms with Crippen molar-refractivity contribution in [3.05, 3.63) is 53.6 Å². The molecule has 172 valence electrons. The molecule has 0 radical (unpaired) electrons. The van der Waals surface area contributed by atoms with Crippen LogP contribution in [0.4, 0.5) is 5.69 Å². The number of benzene rings is 2. The number of nitrogens with one attached hydrogen (secondary N) is 1. The molecule has 4 rings (SSSR count). The number of hydrogen-bond donors (Lipinski definition) is 1. The van der Waals surface area contributed by atoms with E-state index in [9.17, 15) is 4.79 Å². The van der Waals surface area contributed by atoms with Crippen molar-refractivity contribution in [2.24, 2.45) is 0 Å². The zero-order valence-electron chi connectivity index (χ0n) is 19.0. The summed E-state index contributed by atoms with van der Waals surface area (Å²) < 4.78 is 16.3. The molecule has 7 nitrogen and oxygen atoms in total. The molecule has 0 aromatic heterocycles. The molecule has 1 aliphatic carbocycles. The molecular formula is C25H33N3O4. The Morgan fingerprint density at radius 3 is 2.50 bits per heavy atom. The van der Waals surface area contributed by atoms with Gasteiger partial charge in [-0.3, -0.25) is 14.6 Å². The third-order valence-electron chi connectivity index (χ3n) is 6.02. The molecule has 0 spiro atoms. The van der Waals surface area contributed by atoms with Crippen LogP contribution in [-0.2, 0) is 22.6 Å². The molecule has 32 heavy (non-hydrogen) atoms. The van der Waals surface area contributed by atoms with Crippen molar-refractivity contribution in [1.29, 1.82) is 0 Å². The van der Waals surface area contributed by atoms with Crippen LogP contribution in [-0.4, -0.2) is 68.8 Å². The summed E-state index contributed by atoms with van der Waals surface area (Å²) >= 11 is 0. The third kappa shape index (κ3) is 6.22. The summed E-state index contributed by atoms with van der Waals surface area (Å²) in [4.78, 5) is 17.4. The van der Waals surface area contributed by atoms with Crippen molar-refractivity contribution >= 4 is 11.6 Å². The van der Waals surface area contributed by atoms with Gasteiger partial charge in [-0.1, -0.05) is 12.1 Å². The first-order valence-corrected chi connectivity index (χ1v) is 11.3. The minimum Gasteiger partial charge on any atom is -0.497 e. The number of anilines is 1. The fourth-order valence-corrected chi connectivity index (χ4v) is 4.07. The second-order valence-corrected chi connectivity index (χ2v) is 8.45. The predicted molar refractivity (Wildman–Crippen MR) is 124 cm³/mol. The van der Waals surface area contributed by atoms with Crippen LogP contribution in [0, 0.1) is 0 Å². The molecular weight excluding hydrogens is 406 g/mol. The average Bonchev–Trinajstić information content (AvgIpc) is 3.66. The SMILES string of the molecule is COc1ccc(OC)c(CN(CC(=O)Nc2ccc(CN3CCOCC3)cc2)C2CC2)c1. The van der Waals surface area contributed by atoms with Crippen LogP contribution < -0.4 is 14.8 Å². The van der Waals surface area contributed by atoms with Gasteiger partial charge in [0.1, 0.15) is 11.5 Å². The molecule has 1 saturated carbocycles. The molecule has 1 amide bonds. The van der Waals surface area contributed by atoms with E-state index in [1.54, 1.807) is 14.2 Å². The Hall–Kier alpha value is -2.61. The maximum absolute atomic E-state index is 12.8. The highest BCUT2D eigenvalue weighted by atomic mass is 16.5. The zero-order valence-corrected chi connectivity index (χ0v) is 19.0. The summed E-state index contributed by atoms with van der Waals surface area (Å²) in [5.74, 6) is 1.60. The Labute approximate surface area is 190 Å². The summed E-state index contributed by atoms with van der Waals surface area (Å²) in [6, 6.07) is 14.4. The van der Waals surface area contributed by atoms with Crippen LogP contribution in [0.5, 0.6) is 11.5 Å². The lowest BCUT2D eigenvalue weighted by molar-refractivity contribution is -0.117.